The maximum atomic E-state index is 9.12. The van der Waals surface area contributed by atoms with E-state index in [1.807, 2.05) is 11.4 Å². The van der Waals surface area contributed by atoms with E-state index in [0.29, 0.717) is 24.2 Å². The molecule has 0 saturated carbocycles. The number of nitrogens with zero attached hydrogens (tertiary/aromatic N) is 3. The molecule has 2 aromatic heterocycles. The van der Waals surface area contributed by atoms with Crippen molar-refractivity contribution in [2.75, 3.05) is 19.7 Å². The van der Waals surface area contributed by atoms with Crippen LogP contribution in [-0.2, 0) is 6.54 Å². The van der Waals surface area contributed by atoms with Gasteiger partial charge in [-0.3, -0.25) is 4.90 Å². The maximum absolute atomic E-state index is 9.12. The van der Waals surface area contributed by atoms with Crippen molar-refractivity contribution in [2.24, 2.45) is 5.92 Å². The summed E-state index contributed by atoms with van der Waals surface area (Å²) in [5.74, 6) is 1.66. The van der Waals surface area contributed by atoms with Crippen molar-refractivity contribution in [3.8, 4) is 10.7 Å². The highest BCUT2D eigenvalue weighted by atomic mass is 79.9. The smallest absolute Gasteiger partial charge is 0.241 e. The van der Waals surface area contributed by atoms with Gasteiger partial charge in [-0.2, -0.15) is 4.98 Å². The second-order valence-electron chi connectivity index (χ2n) is 4.71. The van der Waals surface area contributed by atoms with E-state index >= 15 is 0 Å². The number of rotatable bonds is 4. The van der Waals surface area contributed by atoms with Gasteiger partial charge in [0.1, 0.15) is 0 Å². The first-order valence-electron chi connectivity index (χ1n) is 6.15. The average Bonchev–Trinajstić information content (AvgIpc) is 3.10. The van der Waals surface area contributed by atoms with Crippen molar-refractivity contribution < 1.29 is 9.63 Å². The molecular formula is C12H14BrN3O2S. The van der Waals surface area contributed by atoms with Gasteiger partial charge in [0.15, 0.2) is 0 Å². The zero-order valence-corrected chi connectivity index (χ0v) is 12.7. The number of hydrogen-bond donors (Lipinski definition) is 1. The predicted molar refractivity (Wildman–Crippen MR) is 75.8 cm³/mol. The summed E-state index contributed by atoms with van der Waals surface area (Å²) in [7, 11) is 0. The van der Waals surface area contributed by atoms with E-state index in [0.717, 1.165) is 28.9 Å². The molecule has 3 rings (SSSR count). The third-order valence-electron chi connectivity index (χ3n) is 3.24. The Morgan fingerprint density at radius 2 is 2.47 bits per heavy atom. The molecule has 0 radical (unpaired) electrons. The van der Waals surface area contributed by atoms with Gasteiger partial charge in [-0.1, -0.05) is 5.16 Å². The van der Waals surface area contributed by atoms with Gasteiger partial charge < -0.3 is 9.63 Å². The van der Waals surface area contributed by atoms with Gasteiger partial charge in [-0.25, -0.2) is 0 Å². The quantitative estimate of drug-likeness (QED) is 0.923. The van der Waals surface area contributed by atoms with E-state index in [1.165, 1.54) is 0 Å². The summed E-state index contributed by atoms with van der Waals surface area (Å²) in [6, 6.07) is 1.98. The van der Waals surface area contributed by atoms with Crippen molar-refractivity contribution in [1.82, 2.24) is 15.0 Å². The molecule has 19 heavy (non-hydrogen) atoms. The topological polar surface area (TPSA) is 62.4 Å². The highest BCUT2D eigenvalue weighted by molar-refractivity contribution is 9.10. The number of aliphatic hydroxyl groups excluding tert-OH is 1. The van der Waals surface area contributed by atoms with Crippen molar-refractivity contribution in [3.63, 3.8) is 0 Å². The molecule has 3 heterocycles. The zero-order valence-electron chi connectivity index (χ0n) is 10.3. The number of likely N-dealkylation sites (tertiary alicyclic amines) is 1. The summed E-state index contributed by atoms with van der Waals surface area (Å²) in [4.78, 5) is 7.65. The maximum Gasteiger partial charge on any atom is 0.241 e. The lowest BCUT2D eigenvalue weighted by Crippen LogP contribution is -2.21. The summed E-state index contributed by atoms with van der Waals surface area (Å²) in [6.07, 6.45) is 1.04. The SMILES string of the molecule is OCC1CCN(Cc2nc(-c3cc(Br)cs3)no2)C1. The molecule has 1 saturated heterocycles. The lowest BCUT2D eigenvalue weighted by Gasteiger charge is -2.11. The van der Waals surface area contributed by atoms with Gasteiger partial charge in [0.2, 0.25) is 11.7 Å². The molecule has 0 bridgehead atoms. The normalized spacial score (nSPS) is 20.2. The molecule has 2 aromatic rings. The first-order valence-corrected chi connectivity index (χ1v) is 7.82. The lowest BCUT2D eigenvalue weighted by atomic mass is 10.1. The van der Waals surface area contributed by atoms with E-state index < -0.39 is 0 Å². The average molecular weight is 344 g/mol. The van der Waals surface area contributed by atoms with Crippen LogP contribution >= 0.6 is 27.3 Å². The van der Waals surface area contributed by atoms with Gasteiger partial charge in [-0.05, 0) is 40.9 Å². The van der Waals surface area contributed by atoms with Gasteiger partial charge >= 0.3 is 0 Å². The Bertz CT molecular complexity index is 557. The molecule has 7 heteroatoms. The minimum absolute atomic E-state index is 0.259. The monoisotopic (exact) mass is 343 g/mol. The van der Waals surface area contributed by atoms with Crippen molar-refractivity contribution in [3.05, 3.63) is 21.8 Å². The largest absolute Gasteiger partial charge is 0.396 e. The molecular weight excluding hydrogens is 330 g/mol. The molecule has 102 valence electrons. The fraction of sp³-hybridized carbons (Fsp3) is 0.500. The van der Waals surface area contributed by atoms with Crippen LogP contribution in [0.15, 0.2) is 20.4 Å². The number of hydrogen-bond acceptors (Lipinski definition) is 6. The lowest BCUT2D eigenvalue weighted by molar-refractivity contribution is 0.211. The number of thiophene rings is 1. The fourth-order valence-corrected chi connectivity index (χ4v) is 3.60. The Balaban J connectivity index is 1.65. The molecule has 1 atom stereocenters. The van der Waals surface area contributed by atoms with Crippen LogP contribution in [0, 0.1) is 5.92 Å². The van der Waals surface area contributed by atoms with E-state index in [9.17, 15) is 0 Å². The van der Waals surface area contributed by atoms with Crippen LogP contribution in [0.25, 0.3) is 10.7 Å². The van der Waals surface area contributed by atoms with E-state index in [2.05, 4.69) is 31.0 Å². The fourth-order valence-electron chi connectivity index (χ4n) is 2.25. The molecule has 0 spiro atoms. The number of aliphatic hydroxyl groups is 1. The first-order chi connectivity index (χ1) is 9.24. The molecule has 0 aliphatic carbocycles. The molecule has 1 unspecified atom stereocenters. The van der Waals surface area contributed by atoms with E-state index in [4.69, 9.17) is 9.63 Å². The second kappa shape index (κ2) is 5.70. The second-order valence-corrected chi connectivity index (χ2v) is 6.54. The third-order valence-corrected chi connectivity index (χ3v) is 4.93. The molecule has 1 fully saturated rings. The van der Waals surface area contributed by atoms with Crippen molar-refractivity contribution >= 4 is 27.3 Å². The third kappa shape index (κ3) is 3.05. The number of halogens is 1. The van der Waals surface area contributed by atoms with Crippen LogP contribution in [0.3, 0.4) is 0 Å². The van der Waals surface area contributed by atoms with E-state index in [1.54, 1.807) is 11.3 Å². The van der Waals surface area contributed by atoms with Gasteiger partial charge in [0.25, 0.3) is 0 Å². The van der Waals surface area contributed by atoms with Crippen LogP contribution in [0.2, 0.25) is 0 Å². The van der Waals surface area contributed by atoms with Crippen LogP contribution in [0.4, 0.5) is 0 Å². The van der Waals surface area contributed by atoms with Gasteiger partial charge in [0, 0.05) is 23.0 Å². The van der Waals surface area contributed by atoms with Gasteiger partial charge in [-0.15, -0.1) is 11.3 Å². The molecule has 1 N–H and O–H groups in total. The highest BCUT2D eigenvalue weighted by Crippen LogP contribution is 2.28. The Kier molecular flexibility index (Phi) is 3.97. The summed E-state index contributed by atoms with van der Waals surface area (Å²) < 4.78 is 6.32. The summed E-state index contributed by atoms with van der Waals surface area (Å²) >= 11 is 5.00. The minimum atomic E-state index is 0.259. The first kappa shape index (κ1) is 13.2. The summed E-state index contributed by atoms with van der Waals surface area (Å²) in [6.45, 7) is 2.80. The summed E-state index contributed by atoms with van der Waals surface area (Å²) in [5.41, 5.74) is 0. The molecule has 1 aliphatic rings. The van der Waals surface area contributed by atoms with Crippen LogP contribution in [0.1, 0.15) is 12.3 Å². The Morgan fingerprint density at radius 1 is 1.58 bits per heavy atom. The number of aromatic nitrogens is 2. The van der Waals surface area contributed by atoms with Gasteiger partial charge in [0.05, 0.1) is 11.4 Å². The molecule has 0 amide bonds. The van der Waals surface area contributed by atoms with Crippen LogP contribution in [-0.4, -0.2) is 39.8 Å². The zero-order chi connectivity index (χ0) is 13.2. The Labute approximate surface area is 123 Å². The molecule has 1 aliphatic heterocycles. The Morgan fingerprint density at radius 3 is 3.16 bits per heavy atom. The summed E-state index contributed by atoms with van der Waals surface area (Å²) in [5, 5.41) is 15.1. The minimum Gasteiger partial charge on any atom is -0.396 e. The molecule has 5 nitrogen and oxygen atoms in total. The van der Waals surface area contributed by atoms with Crippen molar-refractivity contribution in [1.29, 1.82) is 0 Å². The standard InChI is InChI=1S/C12H14BrN3O2S/c13-9-3-10(19-7-9)12-14-11(18-15-12)5-16-2-1-8(4-16)6-17/h3,7-8,17H,1-2,4-6H2. The van der Waals surface area contributed by atoms with E-state index in [-0.39, 0.29) is 6.61 Å². The van der Waals surface area contributed by atoms with Crippen LogP contribution in [0.5, 0.6) is 0 Å². The van der Waals surface area contributed by atoms with Crippen molar-refractivity contribution in [2.45, 2.75) is 13.0 Å². The van der Waals surface area contributed by atoms with Crippen LogP contribution < -0.4 is 0 Å². The Hall–Kier alpha value is -0.760. The highest BCUT2D eigenvalue weighted by Gasteiger charge is 2.23. The predicted octanol–water partition coefficient (Wildman–Crippen LogP) is 2.37. The molecule has 0 aromatic carbocycles.